The maximum Gasteiger partial charge on any atom is 0.417 e. The number of nitrogens with one attached hydrogen (secondary N) is 3. The zero-order valence-electron chi connectivity index (χ0n) is 20.2. The standard InChI is InChI=1S/C25H20ClF3N4O5S2/c26-18-10-9-16(12-17(18)25(27,28)29)39(35,36)32-21(24-30-19-3-1-2-4-20(19)31-24)11-14-5-7-15(8-6-14)22-13-23(34)33-40(22,37)38/h1-10,12,21-22,32H,11,13H2,(H,30,31)(H,33,34)/t21-,22?/m0/s1. The summed E-state index contributed by atoms with van der Waals surface area (Å²) < 4.78 is 95.5. The van der Waals surface area contributed by atoms with Crippen molar-refractivity contribution >= 4 is 48.6 Å². The van der Waals surface area contributed by atoms with Crippen molar-refractivity contribution in [2.45, 2.75) is 35.2 Å². The van der Waals surface area contributed by atoms with Crippen LogP contribution < -0.4 is 9.44 Å². The molecule has 1 aromatic heterocycles. The van der Waals surface area contributed by atoms with Crippen LogP contribution in [0.5, 0.6) is 0 Å². The molecule has 1 fully saturated rings. The SMILES string of the molecule is O=C1CC(c2ccc(C[C@H](NS(=O)(=O)c3ccc(Cl)c(C(F)(F)F)c3)c3nc4ccccc4[nH]3)cc2)S(=O)(=O)N1. The number of benzene rings is 3. The molecule has 40 heavy (non-hydrogen) atoms. The fourth-order valence-electron chi connectivity index (χ4n) is 4.43. The third-order valence-electron chi connectivity index (χ3n) is 6.38. The van der Waals surface area contributed by atoms with E-state index in [1.54, 1.807) is 36.4 Å². The number of amides is 1. The predicted molar refractivity (Wildman–Crippen MR) is 140 cm³/mol. The van der Waals surface area contributed by atoms with Gasteiger partial charge in [-0.15, -0.1) is 0 Å². The van der Waals surface area contributed by atoms with Gasteiger partial charge in [0.2, 0.25) is 26.0 Å². The Hall–Kier alpha value is -3.46. The lowest BCUT2D eigenvalue weighted by Crippen LogP contribution is -2.31. The van der Waals surface area contributed by atoms with Crippen molar-refractivity contribution < 1.29 is 34.8 Å². The zero-order valence-corrected chi connectivity index (χ0v) is 22.6. The maximum absolute atomic E-state index is 13.4. The van der Waals surface area contributed by atoms with E-state index in [4.69, 9.17) is 11.6 Å². The molecule has 5 rings (SSSR count). The van der Waals surface area contributed by atoms with Gasteiger partial charge in [-0.1, -0.05) is 48.0 Å². The van der Waals surface area contributed by atoms with Crippen LogP contribution in [0.3, 0.4) is 0 Å². The highest BCUT2D eigenvalue weighted by atomic mass is 35.5. The van der Waals surface area contributed by atoms with Crippen LogP contribution in [0.25, 0.3) is 11.0 Å². The molecular weight excluding hydrogens is 593 g/mol. The molecule has 0 saturated carbocycles. The van der Waals surface area contributed by atoms with Crippen molar-refractivity contribution in [2.24, 2.45) is 0 Å². The summed E-state index contributed by atoms with van der Waals surface area (Å²) in [4.78, 5) is 18.5. The summed E-state index contributed by atoms with van der Waals surface area (Å²) in [6.07, 6.45) is -5.08. The molecule has 1 aliphatic rings. The van der Waals surface area contributed by atoms with Crippen molar-refractivity contribution in [2.75, 3.05) is 0 Å². The summed E-state index contributed by atoms with van der Waals surface area (Å²) in [7, 11) is -8.35. The second kappa shape index (κ2) is 10.2. The number of aromatic nitrogens is 2. The van der Waals surface area contributed by atoms with Gasteiger partial charge in [-0.2, -0.15) is 13.2 Å². The third-order valence-corrected chi connectivity index (χ3v) is 9.88. The van der Waals surface area contributed by atoms with Gasteiger partial charge >= 0.3 is 6.18 Å². The minimum atomic E-state index is -4.87. The second-order valence-corrected chi connectivity index (χ2v) is 13.1. The monoisotopic (exact) mass is 612 g/mol. The quantitative estimate of drug-likeness (QED) is 0.283. The summed E-state index contributed by atoms with van der Waals surface area (Å²) in [5.74, 6) is -0.392. The van der Waals surface area contributed by atoms with Crippen LogP contribution in [0.15, 0.2) is 71.6 Å². The molecule has 3 N–H and O–H groups in total. The van der Waals surface area contributed by atoms with Gasteiger partial charge in [0, 0.05) is 0 Å². The average molecular weight is 613 g/mol. The van der Waals surface area contributed by atoms with Gasteiger partial charge in [0.1, 0.15) is 11.1 Å². The van der Waals surface area contributed by atoms with E-state index in [1.165, 1.54) is 12.1 Å². The summed E-state index contributed by atoms with van der Waals surface area (Å²) in [5.41, 5.74) is 0.822. The highest BCUT2D eigenvalue weighted by molar-refractivity contribution is 7.90. The Morgan fingerprint density at radius 3 is 2.40 bits per heavy atom. The van der Waals surface area contributed by atoms with Crippen molar-refractivity contribution in [3.8, 4) is 0 Å². The highest BCUT2D eigenvalue weighted by Crippen LogP contribution is 2.36. The lowest BCUT2D eigenvalue weighted by atomic mass is 10.0. The van der Waals surface area contributed by atoms with Crippen molar-refractivity contribution in [3.63, 3.8) is 0 Å². The Morgan fingerprint density at radius 1 is 1.07 bits per heavy atom. The number of para-hydroxylation sites is 2. The minimum absolute atomic E-state index is 0.00759. The Bertz CT molecular complexity index is 1790. The van der Waals surface area contributed by atoms with Gasteiger partial charge in [0.05, 0.1) is 39.0 Å². The van der Waals surface area contributed by atoms with Gasteiger partial charge in [-0.05, 0) is 47.9 Å². The van der Waals surface area contributed by atoms with E-state index in [9.17, 15) is 34.8 Å². The number of carbonyl (C=O) groups excluding carboxylic acids is 1. The van der Waals surface area contributed by atoms with E-state index in [-0.39, 0.29) is 18.7 Å². The number of nitrogens with zero attached hydrogens (tertiary/aromatic N) is 1. The number of rotatable bonds is 7. The number of sulfonamides is 2. The van der Waals surface area contributed by atoms with Crippen LogP contribution in [-0.4, -0.2) is 32.7 Å². The lowest BCUT2D eigenvalue weighted by molar-refractivity contribution is -0.137. The van der Waals surface area contributed by atoms with Crippen LogP contribution in [0.2, 0.25) is 5.02 Å². The van der Waals surface area contributed by atoms with Gasteiger partial charge in [-0.25, -0.2) is 26.5 Å². The van der Waals surface area contributed by atoms with Crippen LogP contribution in [-0.2, 0) is 37.4 Å². The summed E-state index contributed by atoms with van der Waals surface area (Å²) in [5, 5.41) is -1.69. The number of carbonyl (C=O) groups is 1. The lowest BCUT2D eigenvalue weighted by Gasteiger charge is -2.18. The molecule has 0 radical (unpaired) electrons. The molecule has 0 spiro atoms. The maximum atomic E-state index is 13.4. The summed E-state index contributed by atoms with van der Waals surface area (Å²) >= 11 is 5.66. The first-order valence-corrected chi connectivity index (χ1v) is 15.1. The fourth-order valence-corrected chi connectivity index (χ4v) is 7.31. The Morgan fingerprint density at radius 2 is 1.77 bits per heavy atom. The fraction of sp³-hybridized carbons (Fsp3) is 0.200. The third kappa shape index (κ3) is 5.70. The van der Waals surface area contributed by atoms with Gasteiger partial charge in [0.15, 0.2) is 0 Å². The normalized spacial score (nSPS) is 18.1. The van der Waals surface area contributed by atoms with Crippen molar-refractivity contribution in [1.29, 1.82) is 0 Å². The molecule has 1 saturated heterocycles. The molecule has 2 atom stereocenters. The largest absolute Gasteiger partial charge is 0.417 e. The van der Waals surface area contributed by atoms with Crippen LogP contribution in [0.1, 0.15) is 40.2 Å². The van der Waals surface area contributed by atoms with Crippen LogP contribution in [0.4, 0.5) is 13.2 Å². The van der Waals surface area contributed by atoms with Crippen molar-refractivity contribution in [1.82, 2.24) is 19.4 Å². The van der Waals surface area contributed by atoms with E-state index < -0.39 is 58.9 Å². The molecule has 15 heteroatoms. The van der Waals surface area contributed by atoms with E-state index in [0.717, 1.165) is 12.1 Å². The molecule has 1 amide bonds. The molecule has 0 aliphatic carbocycles. The van der Waals surface area contributed by atoms with Gasteiger partial charge in [-0.3, -0.25) is 9.52 Å². The molecule has 4 aromatic rings. The number of imidazole rings is 1. The Labute approximate surface area is 231 Å². The van der Waals surface area contributed by atoms with Crippen molar-refractivity contribution in [3.05, 3.63) is 94.3 Å². The Balaban J connectivity index is 1.48. The zero-order chi connectivity index (χ0) is 28.9. The number of hydrogen-bond acceptors (Lipinski definition) is 6. The number of fused-ring (bicyclic) bond motifs is 1. The van der Waals surface area contributed by atoms with E-state index >= 15 is 0 Å². The van der Waals surface area contributed by atoms with Gasteiger partial charge < -0.3 is 4.98 Å². The molecule has 210 valence electrons. The molecule has 0 bridgehead atoms. The first kappa shape index (κ1) is 28.1. The molecule has 1 unspecified atom stereocenters. The topological polar surface area (TPSA) is 138 Å². The second-order valence-electron chi connectivity index (χ2n) is 9.16. The van der Waals surface area contributed by atoms with E-state index in [1.807, 2.05) is 4.72 Å². The molecule has 3 aromatic carbocycles. The Kier molecular flexibility index (Phi) is 7.15. The minimum Gasteiger partial charge on any atom is -0.341 e. The van der Waals surface area contributed by atoms with E-state index in [0.29, 0.717) is 28.2 Å². The number of alkyl halides is 3. The number of hydrogen-bond donors (Lipinski definition) is 3. The number of aromatic amines is 1. The number of halogens is 4. The molecular formula is C25H20ClF3N4O5S2. The molecule has 2 heterocycles. The van der Waals surface area contributed by atoms with Gasteiger partial charge in [0.25, 0.3) is 0 Å². The molecule has 1 aliphatic heterocycles. The first-order valence-electron chi connectivity index (χ1n) is 11.7. The summed E-state index contributed by atoms with van der Waals surface area (Å²) in [6, 6.07) is 14.4. The highest BCUT2D eigenvalue weighted by Gasteiger charge is 2.38. The van der Waals surface area contributed by atoms with E-state index in [2.05, 4.69) is 14.7 Å². The first-order chi connectivity index (χ1) is 18.7. The van der Waals surface area contributed by atoms with Crippen LogP contribution in [0, 0.1) is 0 Å². The average Bonchev–Trinajstić information content (AvgIpc) is 3.42. The number of H-pyrrole nitrogens is 1. The molecule has 9 nitrogen and oxygen atoms in total. The smallest absolute Gasteiger partial charge is 0.341 e. The predicted octanol–water partition coefficient (Wildman–Crippen LogP) is 4.39. The van der Waals surface area contributed by atoms with Crippen LogP contribution >= 0.6 is 11.6 Å². The summed E-state index contributed by atoms with van der Waals surface area (Å²) in [6.45, 7) is 0.